The number of halogens is 1. The number of benzene rings is 1. The first kappa shape index (κ1) is 10.8. The zero-order valence-corrected chi connectivity index (χ0v) is 10.1. The van der Waals surface area contributed by atoms with Crippen molar-refractivity contribution in [3.63, 3.8) is 0 Å². The molecule has 0 heterocycles. The largest absolute Gasteiger partial charge is 0.497 e. The molecule has 82 valence electrons. The van der Waals surface area contributed by atoms with Crippen LogP contribution in [0.1, 0.15) is 25.3 Å². The second-order valence-electron chi connectivity index (χ2n) is 4.51. The summed E-state index contributed by atoms with van der Waals surface area (Å²) in [5, 5.41) is 0.267. The van der Waals surface area contributed by atoms with E-state index in [9.17, 15) is 0 Å². The normalized spacial score (nSPS) is 19.7. The number of hydrogen-bond donors (Lipinski definition) is 0. The lowest BCUT2D eigenvalue weighted by Gasteiger charge is -2.17. The molecule has 0 aliphatic heterocycles. The van der Waals surface area contributed by atoms with Crippen molar-refractivity contribution in [2.75, 3.05) is 7.11 Å². The Bertz CT molecular complexity index is 342. The monoisotopic (exact) mass is 224 g/mol. The van der Waals surface area contributed by atoms with E-state index >= 15 is 0 Å². The second-order valence-corrected chi connectivity index (χ2v) is 5.16. The summed E-state index contributed by atoms with van der Waals surface area (Å²) in [7, 11) is 1.70. The van der Waals surface area contributed by atoms with Gasteiger partial charge in [0, 0.05) is 5.38 Å². The van der Waals surface area contributed by atoms with E-state index in [1.807, 2.05) is 12.1 Å². The number of methoxy groups -OCH3 is 1. The van der Waals surface area contributed by atoms with E-state index in [0.29, 0.717) is 5.41 Å². The molecule has 1 atom stereocenters. The van der Waals surface area contributed by atoms with Crippen molar-refractivity contribution < 1.29 is 4.74 Å². The van der Waals surface area contributed by atoms with Gasteiger partial charge in [0.15, 0.2) is 0 Å². The van der Waals surface area contributed by atoms with Gasteiger partial charge in [0.05, 0.1) is 7.11 Å². The van der Waals surface area contributed by atoms with Gasteiger partial charge in [-0.25, -0.2) is 0 Å². The van der Waals surface area contributed by atoms with Crippen molar-refractivity contribution in [1.29, 1.82) is 0 Å². The molecule has 1 aliphatic carbocycles. The van der Waals surface area contributed by atoms with Gasteiger partial charge in [-0.2, -0.15) is 0 Å². The first-order chi connectivity index (χ1) is 7.16. The number of ether oxygens (including phenoxy) is 1. The van der Waals surface area contributed by atoms with Crippen LogP contribution < -0.4 is 4.74 Å². The third kappa shape index (κ3) is 2.28. The van der Waals surface area contributed by atoms with E-state index < -0.39 is 0 Å². The molecule has 0 radical (unpaired) electrons. The molecule has 2 heteroatoms. The average molecular weight is 225 g/mol. The first-order valence-corrected chi connectivity index (χ1v) is 5.87. The third-order valence-electron chi connectivity index (χ3n) is 3.43. The molecule has 1 fully saturated rings. The molecular formula is C13H17ClO. The average Bonchev–Trinajstić information content (AvgIpc) is 2.99. The first-order valence-electron chi connectivity index (χ1n) is 5.43. The van der Waals surface area contributed by atoms with E-state index in [2.05, 4.69) is 19.1 Å². The maximum absolute atomic E-state index is 6.22. The Labute approximate surface area is 96.4 Å². The Morgan fingerprint density at radius 2 is 2.20 bits per heavy atom. The Balaban J connectivity index is 2.11. The van der Waals surface area contributed by atoms with Gasteiger partial charge in [0.25, 0.3) is 0 Å². The predicted molar refractivity (Wildman–Crippen MR) is 63.7 cm³/mol. The summed E-state index contributed by atoms with van der Waals surface area (Å²) in [6.45, 7) is 2.11. The number of alkyl halides is 1. The van der Waals surface area contributed by atoms with Crippen molar-refractivity contribution >= 4 is 11.6 Å². The van der Waals surface area contributed by atoms with E-state index in [-0.39, 0.29) is 5.38 Å². The topological polar surface area (TPSA) is 9.23 Å². The lowest BCUT2D eigenvalue weighted by Crippen LogP contribution is -2.15. The molecule has 15 heavy (non-hydrogen) atoms. The second kappa shape index (κ2) is 4.05. The Kier molecular flexibility index (Phi) is 2.92. The summed E-state index contributed by atoms with van der Waals surface area (Å²) in [6, 6.07) is 8.29. The van der Waals surface area contributed by atoms with Crippen molar-refractivity contribution in [1.82, 2.24) is 0 Å². The van der Waals surface area contributed by atoms with Gasteiger partial charge in [-0.1, -0.05) is 12.1 Å². The fraction of sp³-hybridized carbons (Fsp3) is 0.538. The summed E-state index contributed by atoms with van der Waals surface area (Å²) < 4.78 is 5.22. The van der Waals surface area contributed by atoms with Gasteiger partial charge in [-0.15, -0.1) is 11.6 Å². The minimum atomic E-state index is 0.267. The van der Waals surface area contributed by atoms with Crippen molar-refractivity contribution in [3.8, 4) is 5.75 Å². The Morgan fingerprint density at radius 1 is 1.47 bits per heavy atom. The van der Waals surface area contributed by atoms with Crippen LogP contribution in [-0.4, -0.2) is 12.5 Å². The third-order valence-corrected chi connectivity index (χ3v) is 3.89. The van der Waals surface area contributed by atoms with Gasteiger partial charge in [0.2, 0.25) is 0 Å². The standard InChI is InChI=1S/C13H17ClO/c1-10(14)13(6-7-13)9-11-4-3-5-12(8-11)15-2/h3-5,8,10H,6-7,9H2,1-2H3. The molecule has 0 amide bonds. The molecule has 0 saturated heterocycles. The lowest BCUT2D eigenvalue weighted by molar-refractivity contribution is 0.413. The number of hydrogen-bond acceptors (Lipinski definition) is 1. The molecule has 1 nitrogen and oxygen atoms in total. The van der Waals surface area contributed by atoms with E-state index in [4.69, 9.17) is 16.3 Å². The highest BCUT2D eigenvalue weighted by molar-refractivity contribution is 6.21. The van der Waals surface area contributed by atoms with Crippen LogP contribution in [0.25, 0.3) is 0 Å². The molecule has 0 aromatic heterocycles. The van der Waals surface area contributed by atoms with Crippen molar-refractivity contribution in [2.45, 2.75) is 31.6 Å². The molecule has 1 aliphatic rings. The molecule has 1 saturated carbocycles. The zero-order valence-electron chi connectivity index (χ0n) is 9.29. The zero-order chi connectivity index (χ0) is 10.9. The predicted octanol–water partition coefficient (Wildman–Crippen LogP) is 3.65. The molecule has 2 rings (SSSR count). The summed E-state index contributed by atoms with van der Waals surface area (Å²) in [4.78, 5) is 0. The fourth-order valence-electron chi connectivity index (χ4n) is 2.06. The fourth-order valence-corrected chi connectivity index (χ4v) is 2.36. The van der Waals surface area contributed by atoms with Gasteiger partial charge in [-0.05, 0) is 49.3 Å². The van der Waals surface area contributed by atoms with E-state index in [0.717, 1.165) is 12.2 Å². The highest BCUT2D eigenvalue weighted by Gasteiger charge is 2.46. The molecule has 0 N–H and O–H groups in total. The summed E-state index contributed by atoms with van der Waals surface area (Å²) in [6.07, 6.45) is 3.60. The van der Waals surface area contributed by atoms with Gasteiger partial charge >= 0.3 is 0 Å². The molecular weight excluding hydrogens is 208 g/mol. The molecule has 0 bridgehead atoms. The summed E-state index contributed by atoms with van der Waals surface area (Å²) in [5.41, 5.74) is 1.69. The van der Waals surface area contributed by atoms with Gasteiger partial charge in [0.1, 0.15) is 5.75 Å². The van der Waals surface area contributed by atoms with Crippen LogP contribution in [0.3, 0.4) is 0 Å². The molecule has 0 spiro atoms. The van der Waals surface area contributed by atoms with Crippen LogP contribution in [0.15, 0.2) is 24.3 Å². The van der Waals surface area contributed by atoms with Gasteiger partial charge in [-0.3, -0.25) is 0 Å². The number of rotatable bonds is 4. The molecule has 1 aromatic rings. The maximum atomic E-state index is 6.22. The minimum Gasteiger partial charge on any atom is -0.497 e. The van der Waals surface area contributed by atoms with Crippen LogP contribution in [-0.2, 0) is 6.42 Å². The van der Waals surface area contributed by atoms with E-state index in [1.165, 1.54) is 18.4 Å². The molecule has 1 aromatic carbocycles. The van der Waals surface area contributed by atoms with Crippen LogP contribution in [0.4, 0.5) is 0 Å². The quantitative estimate of drug-likeness (QED) is 0.710. The van der Waals surface area contributed by atoms with Crippen LogP contribution >= 0.6 is 11.6 Å². The maximum Gasteiger partial charge on any atom is 0.119 e. The smallest absolute Gasteiger partial charge is 0.119 e. The Hall–Kier alpha value is -0.690. The van der Waals surface area contributed by atoms with Crippen molar-refractivity contribution in [3.05, 3.63) is 29.8 Å². The highest BCUT2D eigenvalue weighted by atomic mass is 35.5. The van der Waals surface area contributed by atoms with E-state index in [1.54, 1.807) is 7.11 Å². The van der Waals surface area contributed by atoms with Crippen LogP contribution in [0, 0.1) is 5.41 Å². The highest BCUT2D eigenvalue weighted by Crippen LogP contribution is 2.53. The minimum absolute atomic E-state index is 0.267. The summed E-state index contributed by atoms with van der Waals surface area (Å²) in [5.74, 6) is 0.936. The van der Waals surface area contributed by atoms with Gasteiger partial charge < -0.3 is 4.74 Å². The molecule has 1 unspecified atom stereocenters. The van der Waals surface area contributed by atoms with Crippen LogP contribution in [0.5, 0.6) is 5.75 Å². The summed E-state index contributed by atoms with van der Waals surface area (Å²) >= 11 is 6.22. The lowest BCUT2D eigenvalue weighted by atomic mass is 9.93. The van der Waals surface area contributed by atoms with Crippen molar-refractivity contribution in [2.24, 2.45) is 5.41 Å². The van der Waals surface area contributed by atoms with Crippen LogP contribution in [0.2, 0.25) is 0 Å². The SMILES string of the molecule is COc1cccc(CC2(C(C)Cl)CC2)c1. The Morgan fingerprint density at radius 3 is 2.73 bits per heavy atom.